The first-order valence-corrected chi connectivity index (χ1v) is 7.35. The summed E-state index contributed by atoms with van der Waals surface area (Å²) < 4.78 is 5.67. The second-order valence-corrected chi connectivity index (χ2v) is 5.83. The van der Waals surface area contributed by atoms with Crippen LogP contribution in [0.2, 0.25) is 0 Å². The van der Waals surface area contributed by atoms with E-state index in [1.807, 2.05) is 12.1 Å². The minimum absolute atomic E-state index is 0.302. The van der Waals surface area contributed by atoms with Crippen molar-refractivity contribution in [3.8, 4) is 0 Å². The van der Waals surface area contributed by atoms with Gasteiger partial charge in [0.2, 0.25) is 5.91 Å². The molecular weight excluding hydrogens is 270 g/mol. The van der Waals surface area contributed by atoms with Crippen molar-refractivity contribution >= 4 is 12.0 Å². The largest absolute Gasteiger partial charge is 0.461 e. The summed E-state index contributed by atoms with van der Waals surface area (Å²) in [5, 5.41) is 21.2. The van der Waals surface area contributed by atoms with E-state index in [0.29, 0.717) is 24.0 Å². The number of amides is 1. The molecule has 1 amide bonds. The second-order valence-electron chi connectivity index (χ2n) is 5.83. The van der Waals surface area contributed by atoms with Crippen molar-refractivity contribution < 1.29 is 19.4 Å². The summed E-state index contributed by atoms with van der Waals surface area (Å²) in [7, 11) is 0. The maximum absolute atomic E-state index is 11.9. The Hall–Kier alpha value is -1.59. The number of aliphatic hydroxyl groups excluding tert-OH is 2. The number of furan rings is 1. The van der Waals surface area contributed by atoms with Crippen LogP contribution in [0.3, 0.4) is 0 Å². The molecule has 2 atom stereocenters. The Bertz CT molecular complexity index is 508. The first-order valence-electron chi connectivity index (χ1n) is 7.35. The van der Waals surface area contributed by atoms with E-state index in [2.05, 4.69) is 12.2 Å². The lowest BCUT2D eigenvalue weighted by Crippen LogP contribution is -2.53. The molecule has 5 heteroatoms. The predicted molar refractivity (Wildman–Crippen MR) is 79.6 cm³/mol. The third kappa shape index (κ3) is 3.74. The van der Waals surface area contributed by atoms with Crippen LogP contribution in [0.15, 0.2) is 22.6 Å². The van der Waals surface area contributed by atoms with Gasteiger partial charge in [-0.1, -0.05) is 13.8 Å². The topological polar surface area (TPSA) is 82.7 Å². The van der Waals surface area contributed by atoms with E-state index in [4.69, 9.17) is 4.42 Å². The fraction of sp³-hybridized carbons (Fsp3) is 0.562. The summed E-state index contributed by atoms with van der Waals surface area (Å²) >= 11 is 0. The number of hydrogen-bond acceptors (Lipinski definition) is 4. The molecule has 0 spiro atoms. The van der Waals surface area contributed by atoms with Crippen molar-refractivity contribution in [1.82, 2.24) is 5.32 Å². The number of carbonyl (C=O) groups is 1. The average molecular weight is 293 g/mol. The van der Waals surface area contributed by atoms with Crippen LogP contribution in [0, 0.1) is 5.92 Å². The molecule has 0 saturated heterocycles. The molecule has 1 aliphatic rings. The molecule has 21 heavy (non-hydrogen) atoms. The van der Waals surface area contributed by atoms with Gasteiger partial charge in [0.1, 0.15) is 11.5 Å². The zero-order chi connectivity index (χ0) is 15.5. The highest BCUT2D eigenvalue weighted by Crippen LogP contribution is 2.47. The van der Waals surface area contributed by atoms with Crippen LogP contribution in [0.4, 0.5) is 0 Å². The summed E-state index contributed by atoms with van der Waals surface area (Å²) in [4.78, 5) is 11.9. The molecule has 1 fully saturated rings. The molecule has 2 unspecified atom stereocenters. The zero-order valence-corrected chi connectivity index (χ0v) is 12.5. The fourth-order valence-corrected chi connectivity index (χ4v) is 2.28. The number of aliphatic hydroxyl groups is 2. The smallest absolute Gasteiger partial charge is 0.244 e. The Labute approximate surface area is 124 Å². The lowest BCUT2D eigenvalue weighted by Gasteiger charge is -2.28. The van der Waals surface area contributed by atoms with Gasteiger partial charge in [-0.2, -0.15) is 0 Å². The number of rotatable bonds is 7. The van der Waals surface area contributed by atoms with Crippen LogP contribution in [0.5, 0.6) is 0 Å². The van der Waals surface area contributed by atoms with Crippen molar-refractivity contribution in [3.05, 3.63) is 29.7 Å². The van der Waals surface area contributed by atoms with Gasteiger partial charge in [0.15, 0.2) is 0 Å². The van der Waals surface area contributed by atoms with Gasteiger partial charge in [-0.15, -0.1) is 0 Å². The van der Waals surface area contributed by atoms with Crippen molar-refractivity contribution in [2.75, 3.05) is 13.2 Å². The molecule has 1 aromatic rings. The first-order chi connectivity index (χ1) is 10.0. The molecule has 0 aromatic carbocycles. The Kier molecular flexibility index (Phi) is 4.85. The van der Waals surface area contributed by atoms with E-state index in [9.17, 15) is 15.0 Å². The quantitative estimate of drug-likeness (QED) is 0.668. The third-order valence-electron chi connectivity index (χ3n) is 4.19. The van der Waals surface area contributed by atoms with Gasteiger partial charge in [0.05, 0.1) is 18.8 Å². The summed E-state index contributed by atoms with van der Waals surface area (Å²) in [6.07, 6.45) is 4.56. The fourth-order valence-electron chi connectivity index (χ4n) is 2.28. The second kappa shape index (κ2) is 6.45. The lowest BCUT2D eigenvalue weighted by atomic mass is 9.98. The lowest BCUT2D eigenvalue weighted by molar-refractivity contribution is -0.119. The molecule has 0 bridgehead atoms. The van der Waals surface area contributed by atoms with Gasteiger partial charge in [-0.25, -0.2) is 0 Å². The van der Waals surface area contributed by atoms with Gasteiger partial charge < -0.3 is 19.9 Å². The van der Waals surface area contributed by atoms with Crippen LogP contribution in [-0.2, 0) is 4.79 Å². The van der Waals surface area contributed by atoms with E-state index in [1.54, 1.807) is 13.0 Å². The Morgan fingerprint density at radius 1 is 1.48 bits per heavy atom. The van der Waals surface area contributed by atoms with Gasteiger partial charge in [-0.05, 0) is 37.0 Å². The predicted octanol–water partition coefficient (Wildman–Crippen LogP) is 1.67. The van der Waals surface area contributed by atoms with E-state index in [1.165, 1.54) is 6.08 Å². The van der Waals surface area contributed by atoms with Crippen LogP contribution < -0.4 is 5.32 Å². The van der Waals surface area contributed by atoms with E-state index in [0.717, 1.165) is 12.2 Å². The summed E-state index contributed by atoms with van der Waals surface area (Å²) in [5.41, 5.74) is -0.973. The van der Waals surface area contributed by atoms with Gasteiger partial charge in [0, 0.05) is 12.0 Å². The van der Waals surface area contributed by atoms with Gasteiger partial charge in [0.25, 0.3) is 0 Å². The SMILES string of the molecule is CCC(CO)(CO)NC(=O)/C=C/c1ccc(C2CC2C)o1. The normalized spacial score (nSPS) is 21.7. The Morgan fingerprint density at radius 2 is 2.14 bits per heavy atom. The average Bonchev–Trinajstić information content (AvgIpc) is 3.04. The van der Waals surface area contributed by atoms with Crippen LogP contribution in [0.1, 0.15) is 44.1 Å². The highest BCUT2D eigenvalue weighted by Gasteiger charge is 2.36. The number of hydrogen-bond donors (Lipinski definition) is 3. The zero-order valence-electron chi connectivity index (χ0n) is 12.5. The standard InChI is InChI=1S/C16H23NO4/c1-3-16(9-18,10-19)17-15(20)7-5-12-4-6-14(21-12)13-8-11(13)2/h4-7,11,13,18-19H,3,8-10H2,1-2H3,(H,17,20)/b7-5+. The molecule has 5 nitrogen and oxygen atoms in total. The summed E-state index contributed by atoms with van der Waals surface area (Å²) in [6, 6.07) is 3.79. The third-order valence-corrected chi connectivity index (χ3v) is 4.19. The van der Waals surface area contributed by atoms with Gasteiger partial charge in [-0.3, -0.25) is 4.79 Å². The van der Waals surface area contributed by atoms with Crippen molar-refractivity contribution in [2.45, 2.75) is 38.1 Å². The highest BCUT2D eigenvalue weighted by atomic mass is 16.3. The maximum Gasteiger partial charge on any atom is 0.244 e. The Balaban J connectivity index is 1.94. The molecule has 2 rings (SSSR count). The molecule has 1 heterocycles. The van der Waals surface area contributed by atoms with Crippen LogP contribution in [0.25, 0.3) is 6.08 Å². The van der Waals surface area contributed by atoms with E-state index in [-0.39, 0.29) is 19.1 Å². The molecular formula is C16H23NO4. The first kappa shape index (κ1) is 15.8. The van der Waals surface area contributed by atoms with Crippen molar-refractivity contribution in [3.63, 3.8) is 0 Å². The molecule has 1 aliphatic carbocycles. The number of carbonyl (C=O) groups excluding carboxylic acids is 1. The summed E-state index contributed by atoms with van der Waals surface area (Å²) in [5.74, 6) is 2.43. The Morgan fingerprint density at radius 3 is 2.67 bits per heavy atom. The summed E-state index contributed by atoms with van der Waals surface area (Å²) in [6.45, 7) is 3.38. The molecule has 3 N–H and O–H groups in total. The van der Waals surface area contributed by atoms with E-state index < -0.39 is 5.54 Å². The molecule has 0 radical (unpaired) electrons. The molecule has 1 saturated carbocycles. The highest BCUT2D eigenvalue weighted by molar-refractivity contribution is 5.91. The van der Waals surface area contributed by atoms with E-state index >= 15 is 0 Å². The minimum atomic E-state index is -0.973. The molecule has 0 aliphatic heterocycles. The van der Waals surface area contributed by atoms with Crippen molar-refractivity contribution in [1.29, 1.82) is 0 Å². The van der Waals surface area contributed by atoms with Crippen LogP contribution in [-0.4, -0.2) is 34.9 Å². The monoisotopic (exact) mass is 293 g/mol. The van der Waals surface area contributed by atoms with Crippen LogP contribution >= 0.6 is 0 Å². The molecule has 1 aromatic heterocycles. The maximum atomic E-state index is 11.9. The number of nitrogens with one attached hydrogen (secondary N) is 1. The minimum Gasteiger partial charge on any atom is -0.461 e. The van der Waals surface area contributed by atoms with Crippen molar-refractivity contribution in [2.24, 2.45) is 5.92 Å². The molecule has 116 valence electrons. The van der Waals surface area contributed by atoms with Gasteiger partial charge >= 0.3 is 0 Å².